The van der Waals surface area contributed by atoms with Gasteiger partial charge in [0.1, 0.15) is 0 Å². The van der Waals surface area contributed by atoms with E-state index in [-0.39, 0.29) is 0 Å². The van der Waals surface area contributed by atoms with Crippen molar-refractivity contribution in [3.05, 3.63) is 78.1 Å². The second kappa shape index (κ2) is 5.18. The van der Waals surface area contributed by atoms with Crippen molar-refractivity contribution in [2.45, 2.75) is 13.0 Å². The summed E-state index contributed by atoms with van der Waals surface area (Å²) in [5.74, 6) is 0. The number of rotatable bonds is 0. The van der Waals surface area contributed by atoms with Gasteiger partial charge in [-0.1, -0.05) is 42.5 Å². The highest BCUT2D eigenvalue weighted by molar-refractivity contribution is 6.36. The summed E-state index contributed by atoms with van der Waals surface area (Å²) in [7, 11) is 0. The van der Waals surface area contributed by atoms with E-state index in [1.54, 1.807) is 0 Å². The van der Waals surface area contributed by atoms with Crippen molar-refractivity contribution in [3.63, 3.8) is 0 Å². The lowest BCUT2D eigenvalue weighted by Gasteiger charge is -2.24. The molecule has 2 nitrogen and oxygen atoms in total. The maximum Gasteiger partial charge on any atom is 0.0353 e. The van der Waals surface area contributed by atoms with Gasteiger partial charge < -0.3 is 5.32 Å². The van der Waals surface area contributed by atoms with E-state index >= 15 is 0 Å². The van der Waals surface area contributed by atoms with E-state index in [4.69, 9.17) is 0 Å². The predicted molar refractivity (Wildman–Crippen MR) is 118 cm³/mol. The molecular formula is C26H18N2. The monoisotopic (exact) mass is 358 g/mol. The fourth-order valence-electron chi connectivity index (χ4n) is 5.40. The van der Waals surface area contributed by atoms with Crippen molar-refractivity contribution in [1.82, 2.24) is 10.3 Å². The van der Waals surface area contributed by atoms with Gasteiger partial charge in [-0.2, -0.15) is 0 Å². The van der Waals surface area contributed by atoms with Gasteiger partial charge in [0, 0.05) is 35.1 Å². The molecule has 0 aliphatic carbocycles. The van der Waals surface area contributed by atoms with E-state index in [1.165, 1.54) is 65.0 Å². The van der Waals surface area contributed by atoms with Crippen LogP contribution >= 0.6 is 0 Å². The molecule has 28 heavy (non-hydrogen) atoms. The quantitative estimate of drug-likeness (QED) is 0.269. The predicted octanol–water partition coefficient (Wildman–Crippen LogP) is 5.93. The average molecular weight is 358 g/mol. The Bertz CT molecular complexity index is 1560. The van der Waals surface area contributed by atoms with Crippen molar-refractivity contribution >= 4 is 53.9 Å². The highest BCUT2D eigenvalue weighted by atomic mass is 14.9. The van der Waals surface area contributed by atoms with E-state index in [2.05, 4.69) is 71.1 Å². The standard InChI is InChI=1S/C26H18N2/c1-2-6-18-15(4-1)10-22-23-14-28-12-16-5-3-7-20(24(16)23)25-19-8-9-27-13-17(19)11-21(18)26(22)25/h1-7,10-12,14,27H,8-9,13H2. The maximum atomic E-state index is 4.58. The molecule has 0 amide bonds. The van der Waals surface area contributed by atoms with E-state index in [0.29, 0.717) is 0 Å². The molecule has 0 saturated carbocycles. The first-order valence-electron chi connectivity index (χ1n) is 9.98. The van der Waals surface area contributed by atoms with Gasteiger partial charge in [-0.15, -0.1) is 0 Å². The zero-order valence-corrected chi connectivity index (χ0v) is 15.4. The van der Waals surface area contributed by atoms with Crippen LogP contribution in [-0.2, 0) is 13.0 Å². The van der Waals surface area contributed by atoms with Crippen LogP contribution in [0.5, 0.6) is 0 Å². The van der Waals surface area contributed by atoms with Crippen molar-refractivity contribution in [2.75, 3.05) is 6.54 Å². The zero-order valence-electron chi connectivity index (χ0n) is 15.4. The van der Waals surface area contributed by atoms with Gasteiger partial charge in [0.2, 0.25) is 0 Å². The SMILES string of the molecule is c1ccc2c(c1)cc1c3cncc4cccc(c5c6c(cc2c15)CNCC6)c43. The van der Waals surface area contributed by atoms with Gasteiger partial charge in [0.25, 0.3) is 0 Å². The Kier molecular flexibility index (Phi) is 2.74. The maximum absolute atomic E-state index is 4.58. The van der Waals surface area contributed by atoms with E-state index < -0.39 is 0 Å². The molecule has 1 N–H and O–H groups in total. The molecule has 6 aromatic rings. The summed E-state index contributed by atoms with van der Waals surface area (Å²) in [6.45, 7) is 2.00. The zero-order chi connectivity index (χ0) is 18.2. The molecule has 2 heterocycles. The van der Waals surface area contributed by atoms with Crippen LogP contribution < -0.4 is 5.32 Å². The Morgan fingerprint density at radius 3 is 2.54 bits per heavy atom. The fourth-order valence-corrected chi connectivity index (χ4v) is 5.40. The molecule has 0 spiro atoms. The number of nitrogens with zero attached hydrogens (tertiary/aromatic N) is 1. The molecule has 132 valence electrons. The van der Waals surface area contributed by atoms with Crippen LogP contribution in [0.4, 0.5) is 0 Å². The molecule has 1 aromatic heterocycles. The Hall–Kier alpha value is -3.23. The second-order valence-corrected chi connectivity index (χ2v) is 7.97. The lowest BCUT2D eigenvalue weighted by atomic mass is 9.83. The van der Waals surface area contributed by atoms with E-state index in [1.807, 2.05) is 6.20 Å². The van der Waals surface area contributed by atoms with Gasteiger partial charge >= 0.3 is 0 Å². The molecule has 0 bridgehead atoms. The molecule has 0 saturated heterocycles. The normalized spacial score (nSPS) is 14.6. The molecule has 1 aliphatic rings. The first-order valence-corrected chi connectivity index (χ1v) is 9.98. The van der Waals surface area contributed by atoms with Gasteiger partial charge in [-0.05, 0) is 73.9 Å². The molecule has 0 unspecified atom stereocenters. The fraction of sp³-hybridized carbons (Fsp3) is 0.115. The lowest BCUT2D eigenvalue weighted by molar-refractivity contribution is 0.648. The Morgan fingerprint density at radius 1 is 0.679 bits per heavy atom. The van der Waals surface area contributed by atoms with E-state index in [9.17, 15) is 0 Å². The summed E-state index contributed by atoms with van der Waals surface area (Å²) in [5.41, 5.74) is 2.98. The smallest absolute Gasteiger partial charge is 0.0353 e. The number of aromatic nitrogens is 1. The number of benzene rings is 5. The third kappa shape index (κ3) is 1.74. The van der Waals surface area contributed by atoms with Gasteiger partial charge in [-0.25, -0.2) is 0 Å². The summed E-state index contributed by atoms with van der Waals surface area (Å²) >= 11 is 0. The minimum atomic E-state index is 0.954. The number of nitrogens with one attached hydrogen (secondary N) is 1. The van der Waals surface area contributed by atoms with Crippen LogP contribution in [0, 0.1) is 0 Å². The number of pyridine rings is 1. The minimum Gasteiger partial charge on any atom is -0.312 e. The Morgan fingerprint density at radius 2 is 1.54 bits per heavy atom. The van der Waals surface area contributed by atoms with Crippen LogP contribution in [0.2, 0.25) is 0 Å². The molecule has 0 atom stereocenters. The largest absolute Gasteiger partial charge is 0.312 e. The van der Waals surface area contributed by atoms with Crippen LogP contribution in [0.3, 0.4) is 0 Å². The third-order valence-electron chi connectivity index (χ3n) is 6.56. The van der Waals surface area contributed by atoms with Crippen LogP contribution in [0.25, 0.3) is 53.9 Å². The molecular weight excluding hydrogens is 340 g/mol. The van der Waals surface area contributed by atoms with Crippen molar-refractivity contribution in [1.29, 1.82) is 0 Å². The number of fused-ring (bicyclic) bond motifs is 6. The van der Waals surface area contributed by atoms with E-state index in [0.717, 1.165) is 19.5 Å². The van der Waals surface area contributed by atoms with Gasteiger partial charge in [-0.3, -0.25) is 4.98 Å². The summed E-state index contributed by atoms with van der Waals surface area (Å²) in [4.78, 5) is 4.58. The van der Waals surface area contributed by atoms with Crippen LogP contribution in [0.1, 0.15) is 11.1 Å². The Labute approximate surface area is 162 Å². The van der Waals surface area contributed by atoms with Gasteiger partial charge in [0.15, 0.2) is 0 Å². The molecule has 2 heteroatoms. The molecule has 0 radical (unpaired) electrons. The first kappa shape index (κ1) is 14.8. The number of hydrogen-bond acceptors (Lipinski definition) is 2. The van der Waals surface area contributed by atoms with Gasteiger partial charge in [0.05, 0.1) is 0 Å². The molecule has 0 fully saturated rings. The average Bonchev–Trinajstić information content (AvgIpc) is 2.76. The first-order chi connectivity index (χ1) is 13.9. The Balaban J connectivity index is 1.92. The van der Waals surface area contributed by atoms with Crippen LogP contribution in [0.15, 0.2) is 67.0 Å². The van der Waals surface area contributed by atoms with Crippen molar-refractivity contribution in [2.24, 2.45) is 0 Å². The molecule has 7 rings (SSSR count). The summed E-state index contributed by atoms with van der Waals surface area (Å²) < 4.78 is 0. The lowest BCUT2D eigenvalue weighted by Crippen LogP contribution is -2.23. The third-order valence-corrected chi connectivity index (χ3v) is 6.56. The minimum absolute atomic E-state index is 0.954. The topological polar surface area (TPSA) is 24.9 Å². The summed E-state index contributed by atoms with van der Waals surface area (Å²) in [5, 5.41) is 17.0. The van der Waals surface area contributed by atoms with Crippen molar-refractivity contribution in [3.8, 4) is 0 Å². The molecule has 1 aliphatic heterocycles. The summed E-state index contributed by atoms with van der Waals surface area (Å²) in [6, 6.07) is 20.3. The highest BCUT2D eigenvalue weighted by Gasteiger charge is 2.21. The number of hydrogen-bond donors (Lipinski definition) is 1. The summed E-state index contributed by atoms with van der Waals surface area (Å²) in [6.07, 6.45) is 5.14. The second-order valence-electron chi connectivity index (χ2n) is 7.97. The molecule has 5 aromatic carbocycles. The van der Waals surface area contributed by atoms with Crippen molar-refractivity contribution < 1.29 is 0 Å². The van der Waals surface area contributed by atoms with Crippen LogP contribution in [-0.4, -0.2) is 11.5 Å². The highest BCUT2D eigenvalue weighted by Crippen LogP contribution is 2.45.